The first-order valence-corrected chi connectivity index (χ1v) is 5.05. The van der Waals surface area contributed by atoms with E-state index < -0.39 is 11.1 Å². The first-order valence-electron chi connectivity index (χ1n) is 5.05. The van der Waals surface area contributed by atoms with Crippen molar-refractivity contribution in [2.75, 3.05) is 0 Å². The van der Waals surface area contributed by atoms with Crippen LogP contribution in [0.5, 0.6) is 0 Å². The minimum Gasteiger partial charge on any atom is -0.460 e. The van der Waals surface area contributed by atoms with Gasteiger partial charge in [0.2, 0.25) is 0 Å². The third-order valence-electron chi connectivity index (χ3n) is 2.26. The molecule has 2 N–H and O–H groups in total. The number of hydrogen-bond acceptors (Lipinski definition) is 3. The van der Waals surface area contributed by atoms with Crippen LogP contribution in [0.1, 0.15) is 48.0 Å². The highest BCUT2D eigenvalue weighted by atomic mass is 16.6. The van der Waals surface area contributed by atoms with Crippen LogP contribution in [0.4, 0.5) is 0 Å². The quantitative estimate of drug-likeness (QED) is 0.711. The number of ether oxygens (including phenoxy) is 1. The predicted octanol–water partition coefficient (Wildman–Crippen LogP) is 2.09. The third kappa shape index (κ3) is 5.22. The van der Waals surface area contributed by atoms with Crippen LogP contribution in [0.25, 0.3) is 0 Å². The molecule has 3 nitrogen and oxygen atoms in total. The number of carbonyl (C=O) groups is 1. The van der Waals surface area contributed by atoms with Gasteiger partial charge in [-0.3, -0.25) is 4.79 Å². The normalized spacial score (nSPS) is 16.6. The van der Waals surface area contributed by atoms with Gasteiger partial charge in [-0.15, -0.1) is 0 Å². The van der Waals surface area contributed by atoms with Crippen LogP contribution in [-0.4, -0.2) is 17.1 Å². The van der Waals surface area contributed by atoms with E-state index in [4.69, 9.17) is 10.5 Å². The number of carbonyl (C=O) groups excluding carboxylic acids is 1. The van der Waals surface area contributed by atoms with Gasteiger partial charge < -0.3 is 10.5 Å². The van der Waals surface area contributed by atoms with Crippen LogP contribution in [0.3, 0.4) is 0 Å². The van der Waals surface area contributed by atoms with Gasteiger partial charge in [-0.1, -0.05) is 13.8 Å². The summed E-state index contributed by atoms with van der Waals surface area (Å²) in [6.45, 7) is 11.5. The fraction of sp³-hybridized carbons (Fsp3) is 0.909. The summed E-state index contributed by atoms with van der Waals surface area (Å²) in [4.78, 5) is 11.5. The Balaban J connectivity index is 4.20. The van der Waals surface area contributed by atoms with Gasteiger partial charge in [0, 0.05) is 5.54 Å². The number of nitrogens with two attached hydrogens (primary N) is 1. The van der Waals surface area contributed by atoms with Crippen molar-refractivity contribution in [2.45, 2.75) is 59.1 Å². The lowest BCUT2D eigenvalue weighted by molar-refractivity contribution is -0.156. The van der Waals surface area contributed by atoms with E-state index in [1.54, 1.807) is 0 Å². The highest BCUT2D eigenvalue weighted by molar-refractivity contribution is 5.71. The molecule has 0 rings (SSSR count). The van der Waals surface area contributed by atoms with E-state index >= 15 is 0 Å². The topological polar surface area (TPSA) is 52.3 Å². The number of esters is 1. The second-order valence-corrected chi connectivity index (χ2v) is 5.42. The average Bonchev–Trinajstić information content (AvgIpc) is 1.79. The molecule has 1 unspecified atom stereocenters. The molecule has 0 radical (unpaired) electrons. The van der Waals surface area contributed by atoms with Crippen LogP contribution in [-0.2, 0) is 9.53 Å². The molecule has 0 fully saturated rings. The standard InChI is InChI=1S/C11H23NO2/c1-8(2)11(6,12)7-9(13)14-10(3,4)5/h8H,7,12H2,1-6H3. The van der Waals surface area contributed by atoms with Crippen LogP contribution in [0, 0.1) is 5.92 Å². The van der Waals surface area contributed by atoms with Gasteiger partial charge >= 0.3 is 5.97 Å². The molecule has 0 spiro atoms. The zero-order chi connectivity index (χ0) is 11.6. The summed E-state index contributed by atoms with van der Waals surface area (Å²) < 4.78 is 5.20. The molecule has 0 saturated heterocycles. The summed E-state index contributed by atoms with van der Waals surface area (Å²) in [5, 5.41) is 0. The van der Waals surface area contributed by atoms with Gasteiger partial charge in [-0.05, 0) is 33.6 Å². The zero-order valence-electron chi connectivity index (χ0n) is 10.2. The van der Waals surface area contributed by atoms with Crippen molar-refractivity contribution in [1.82, 2.24) is 0 Å². The van der Waals surface area contributed by atoms with Gasteiger partial charge in [-0.2, -0.15) is 0 Å². The maximum absolute atomic E-state index is 11.5. The van der Waals surface area contributed by atoms with Crippen LogP contribution in [0.2, 0.25) is 0 Å². The Morgan fingerprint density at radius 3 is 2.00 bits per heavy atom. The Morgan fingerprint density at radius 1 is 1.29 bits per heavy atom. The molecule has 0 aliphatic carbocycles. The van der Waals surface area contributed by atoms with E-state index in [9.17, 15) is 4.79 Å². The summed E-state index contributed by atoms with van der Waals surface area (Å²) in [5.41, 5.74) is 5.07. The highest BCUT2D eigenvalue weighted by Crippen LogP contribution is 2.19. The number of rotatable bonds is 3. The number of hydrogen-bond donors (Lipinski definition) is 1. The molecule has 0 aliphatic heterocycles. The first-order chi connectivity index (χ1) is 6.04. The largest absolute Gasteiger partial charge is 0.460 e. The van der Waals surface area contributed by atoms with Crippen molar-refractivity contribution in [1.29, 1.82) is 0 Å². The second-order valence-electron chi connectivity index (χ2n) is 5.42. The maximum Gasteiger partial charge on any atom is 0.308 e. The molecule has 0 aromatic rings. The van der Waals surface area contributed by atoms with Crippen LogP contribution >= 0.6 is 0 Å². The van der Waals surface area contributed by atoms with Gasteiger partial charge in [-0.25, -0.2) is 0 Å². The average molecular weight is 201 g/mol. The summed E-state index contributed by atoms with van der Waals surface area (Å²) in [6.07, 6.45) is 0.266. The molecule has 0 saturated carbocycles. The van der Waals surface area contributed by atoms with Gasteiger partial charge in [0.1, 0.15) is 5.60 Å². The van der Waals surface area contributed by atoms with E-state index in [1.165, 1.54) is 0 Å². The molecule has 84 valence electrons. The van der Waals surface area contributed by atoms with Crippen molar-refractivity contribution in [3.63, 3.8) is 0 Å². The maximum atomic E-state index is 11.5. The molecule has 3 heteroatoms. The third-order valence-corrected chi connectivity index (χ3v) is 2.26. The Hall–Kier alpha value is -0.570. The fourth-order valence-corrected chi connectivity index (χ4v) is 0.893. The lowest BCUT2D eigenvalue weighted by Crippen LogP contribution is -2.44. The molecule has 0 aliphatic rings. The summed E-state index contributed by atoms with van der Waals surface area (Å²) in [7, 11) is 0. The Morgan fingerprint density at radius 2 is 1.71 bits per heavy atom. The zero-order valence-corrected chi connectivity index (χ0v) is 10.2. The molecule has 0 aromatic heterocycles. The fourth-order valence-electron chi connectivity index (χ4n) is 0.893. The SMILES string of the molecule is CC(C)C(C)(N)CC(=O)OC(C)(C)C. The van der Waals surface area contributed by atoms with Crippen molar-refractivity contribution in [3.05, 3.63) is 0 Å². The van der Waals surface area contributed by atoms with Crippen LogP contribution in [0.15, 0.2) is 0 Å². The van der Waals surface area contributed by atoms with Gasteiger partial charge in [0.05, 0.1) is 6.42 Å². The Kier molecular flexibility index (Phi) is 4.13. The molecule has 14 heavy (non-hydrogen) atoms. The van der Waals surface area contributed by atoms with E-state index in [1.807, 2.05) is 41.5 Å². The molecular weight excluding hydrogens is 178 g/mol. The van der Waals surface area contributed by atoms with Gasteiger partial charge in [0.15, 0.2) is 0 Å². The van der Waals surface area contributed by atoms with Crippen molar-refractivity contribution in [2.24, 2.45) is 11.7 Å². The molecule has 0 aromatic carbocycles. The Bertz CT molecular complexity index is 202. The minimum absolute atomic E-state index is 0.226. The predicted molar refractivity (Wildman–Crippen MR) is 57.9 cm³/mol. The van der Waals surface area contributed by atoms with Crippen molar-refractivity contribution in [3.8, 4) is 0 Å². The van der Waals surface area contributed by atoms with Gasteiger partial charge in [0.25, 0.3) is 0 Å². The van der Waals surface area contributed by atoms with E-state index in [2.05, 4.69) is 0 Å². The molecule has 1 atom stereocenters. The summed E-state index contributed by atoms with van der Waals surface area (Å²) in [5.74, 6) is 0.0335. The molecule has 0 heterocycles. The lowest BCUT2D eigenvalue weighted by atomic mass is 9.86. The van der Waals surface area contributed by atoms with Crippen LogP contribution < -0.4 is 5.73 Å². The Labute approximate surface area is 87.0 Å². The molecule has 0 bridgehead atoms. The van der Waals surface area contributed by atoms with Crippen molar-refractivity contribution >= 4 is 5.97 Å². The summed E-state index contributed by atoms with van der Waals surface area (Å²) >= 11 is 0. The van der Waals surface area contributed by atoms with E-state index in [0.29, 0.717) is 0 Å². The van der Waals surface area contributed by atoms with E-state index in [0.717, 1.165) is 0 Å². The minimum atomic E-state index is -0.484. The smallest absolute Gasteiger partial charge is 0.308 e. The second kappa shape index (κ2) is 4.30. The van der Waals surface area contributed by atoms with E-state index in [-0.39, 0.29) is 18.3 Å². The monoisotopic (exact) mass is 201 g/mol. The first kappa shape index (κ1) is 13.4. The lowest BCUT2D eigenvalue weighted by Gasteiger charge is -2.29. The molecule has 0 amide bonds. The van der Waals surface area contributed by atoms with Crippen molar-refractivity contribution < 1.29 is 9.53 Å². The molecular formula is C11H23NO2. The summed E-state index contributed by atoms with van der Waals surface area (Å²) in [6, 6.07) is 0. The highest BCUT2D eigenvalue weighted by Gasteiger charge is 2.28.